The van der Waals surface area contributed by atoms with Gasteiger partial charge in [-0.05, 0) is 4.53 Å². The van der Waals surface area contributed by atoms with Gasteiger partial charge in [0.1, 0.15) is 0 Å². The monoisotopic (exact) mass is 230 g/mol. The molecule has 1 aliphatic carbocycles. The van der Waals surface area contributed by atoms with Crippen molar-refractivity contribution in [2.24, 2.45) is 0 Å². The number of carbonyl (C=O) groups excluding carboxylic acids is 3. The van der Waals surface area contributed by atoms with E-state index in [0.717, 1.165) is 0 Å². The van der Waals surface area contributed by atoms with Crippen LogP contribution < -0.4 is 0 Å². The van der Waals surface area contributed by atoms with E-state index in [9.17, 15) is 31.9 Å². The number of rotatable bonds is 2. The Kier molecular flexibility index (Phi) is 2.46. The van der Waals surface area contributed by atoms with Crippen molar-refractivity contribution in [2.45, 2.75) is 5.76 Å². The second-order valence-corrected chi connectivity index (χ2v) is 4.17. The third-order valence-electron chi connectivity index (χ3n) is 1.44. The van der Waals surface area contributed by atoms with Crippen LogP contribution in [0.4, 0.5) is 13.3 Å². The fourth-order valence-electron chi connectivity index (χ4n) is 0.756. The zero-order chi connectivity index (χ0) is 11.1. The smallest absolute Gasteiger partial charge is 0.284 e. The molecule has 0 aromatic carbocycles. The van der Waals surface area contributed by atoms with E-state index in [0.29, 0.717) is 0 Å². The molecule has 0 amide bonds. The van der Waals surface area contributed by atoms with Gasteiger partial charge in [0.15, 0.2) is 14.7 Å². The van der Waals surface area contributed by atoms with Gasteiger partial charge in [-0.2, -0.15) is 8.78 Å². The molecule has 0 bridgehead atoms. The third kappa shape index (κ3) is 1.16. The molecule has 5 nitrogen and oxygen atoms in total. The number of Topliss-reactive ketones (excluding diaryl/α,β-unsaturated/α-hetero) is 3. The van der Waals surface area contributed by atoms with Crippen molar-refractivity contribution in [3.8, 4) is 0 Å². The van der Waals surface area contributed by atoms with E-state index < -0.39 is 37.8 Å². The van der Waals surface area contributed by atoms with Crippen LogP contribution in [0.3, 0.4) is 0 Å². The van der Waals surface area contributed by atoms with Crippen molar-refractivity contribution in [3.05, 3.63) is 0 Å². The molecule has 14 heavy (non-hydrogen) atoms. The normalized spacial score (nSPS) is 21.1. The molecule has 0 aromatic heterocycles. The van der Waals surface area contributed by atoms with Crippen LogP contribution in [0.25, 0.3) is 0 Å². The van der Waals surface area contributed by atoms with Crippen LogP contribution in [-0.2, 0) is 28.6 Å². The average molecular weight is 230 g/mol. The van der Waals surface area contributed by atoms with Crippen LogP contribution in [0.1, 0.15) is 0 Å². The molecule has 1 saturated carbocycles. The lowest BCUT2D eigenvalue weighted by Crippen LogP contribution is -2.54. The van der Waals surface area contributed by atoms with Crippen molar-refractivity contribution in [3.63, 3.8) is 0 Å². The van der Waals surface area contributed by atoms with Gasteiger partial charge in [-0.15, -0.1) is 0 Å². The van der Waals surface area contributed by atoms with Gasteiger partial charge in [-0.25, -0.2) is 4.21 Å². The van der Waals surface area contributed by atoms with Crippen molar-refractivity contribution in [1.82, 2.24) is 0 Å². The first-order valence-electron chi connectivity index (χ1n) is 2.98. The molecular weight excluding hydrogens is 229 g/mol. The topological polar surface area (TPSA) is 77.5 Å². The third-order valence-corrected chi connectivity index (χ3v) is 3.03. The second kappa shape index (κ2) is 3.17. The Bertz CT molecular complexity index is 424. The summed E-state index contributed by atoms with van der Waals surface area (Å²) < 4.78 is 48.7. The van der Waals surface area contributed by atoms with Gasteiger partial charge in [0, 0.05) is 0 Å². The fourth-order valence-corrected chi connectivity index (χ4v) is 1.75. The minimum atomic E-state index is -5.12. The van der Waals surface area contributed by atoms with Gasteiger partial charge in [0.05, 0.1) is 0 Å². The van der Waals surface area contributed by atoms with E-state index >= 15 is 0 Å². The molecule has 1 rings (SSSR count). The number of hydrogen-bond donors (Lipinski definition) is 0. The number of halogens is 3. The quantitative estimate of drug-likeness (QED) is 0.458. The van der Waals surface area contributed by atoms with Crippen LogP contribution in [0.15, 0.2) is 0 Å². The second-order valence-electron chi connectivity index (χ2n) is 2.19. The molecule has 78 valence electrons. The van der Waals surface area contributed by atoms with Gasteiger partial charge in [-0.3, -0.25) is 14.4 Å². The summed E-state index contributed by atoms with van der Waals surface area (Å²) in [6, 6.07) is 0. The van der Waals surface area contributed by atoms with Crippen LogP contribution >= 0.6 is 0 Å². The van der Waals surface area contributed by atoms with Crippen LogP contribution in [0.2, 0.25) is 0 Å². The highest BCUT2D eigenvalue weighted by molar-refractivity contribution is 8.02. The van der Waals surface area contributed by atoms with Gasteiger partial charge >= 0.3 is 5.76 Å². The zero-order valence-corrected chi connectivity index (χ0v) is 6.98. The number of alkyl halides is 2. The molecule has 1 fully saturated rings. The number of hydrogen-bond acceptors (Lipinski definition) is 5. The maximum Gasteiger partial charge on any atom is 0.330 e. The molecule has 0 aromatic rings. The lowest BCUT2D eigenvalue weighted by molar-refractivity contribution is -0.142. The molecule has 1 atom stereocenters. The Morgan fingerprint density at radius 3 is 1.79 bits per heavy atom. The van der Waals surface area contributed by atoms with Gasteiger partial charge in [0.25, 0.3) is 17.3 Å². The predicted octanol–water partition coefficient (Wildman–Crippen LogP) is -0.797. The zero-order valence-electron chi connectivity index (χ0n) is 6.16. The maximum atomic E-state index is 12.0. The lowest BCUT2D eigenvalue weighted by Gasteiger charge is -2.15. The Morgan fingerprint density at radius 2 is 1.50 bits per heavy atom. The first kappa shape index (κ1) is 10.9. The minimum Gasteiger partial charge on any atom is -0.284 e. The Morgan fingerprint density at radius 1 is 1.07 bits per heavy atom. The summed E-state index contributed by atoms with van der Waals surface area (Å²) in [6.07, 6.45) is 0. The van der Waals surface area contributed by atoms with E-state index in [1.165, 1.54) is 0 Å². The van der Waals surface area contributed by atoms with Crippen LogP contribution in [0, 0.1) is 0 Å². The molecule has 0 spiro atoms. The van der Waals surface area contributed by atoms with E-state index in [4.69, 9.17) is 0 Å². The predicted molar refractivity (Wildman–Crippen MR) is 36.4 cm³/mol. The molecule has 0 saturated heterocycles. The largest absolute Gasteiger partial charge is 0.330 e. The summed E-state index contributed by atoms with van der Waals surface area (Å²) >= 11 is 0. The van der Waals surface area contributed by atoms with Crippen LogP contribution in [0.5, 0.6) is 0 Å². The summed E-state index contributed by atoms with van der Waals surface area (Å²) in [5.41, 5.74) is 0. The summed E-state index contributed by atoms with van der Waals surface area (Å²) in [4.78, 5) is 29.7. The lowest BCUT2D eigenvalue weighted by atomic mass is 9.94. The van der Waals surface area contributed by atoms with E-state index in [1.54, 1.807) is 0 Å². The summed E-state index contributed by atoms with van der Waals surface area (Å²) in [7, 11) is -5.12. The van der Waals surface area contributed by atoms with Gasteiger partial charge < -0.3 is 0 Å². The minimum absolute atomic E-state index is 1.61. The Balaban J connectivity index is 3.44. The van der Waals surface area contributed by atoms with Crippen molar-refractivity contribution in [2.75, 3.05) is 0 Å². The molecule has 0 heterocycles. The molecular formula is C5HF3O5S. The fraction of sp³-hybridized carbons (Fsp3) is 0.200. The van der Waals surface area contributed by atoms with Crippen molar-refractivity contribution in [1.29, 1.82) is 0 Å². The maximum absolute atomic E-state index is 12.0. The standard InChI is InChI=1S/C5HF3O5S/c6-5(7)14(12,13-8)4-2(10)1(9)3(4)11/h5H. The highest BCUT2D eigenvalue weighted by atomic mass is 32.2. The van der Waals surface area contributed by atoms with Crippen molar-refractivity contribution < 1.29 is 36.3 Å². The highest BCUT2D eigenvalue weighted by Crippen LogP contribution is 2.17. The molecule has 0 radical (unpaired) electrons. The summed E-state index contributed by atoms with van der Waals surface area (Å²) in [5, 5.41) is 0. The SMILES string of the molecule is O=C1C(=O)C(=S(=O)(OF)C(F)F)C1=O. The molecule has 0 N–H and O–H groups in total. The van der Waals surface area contributed by atoms with Crippen LogP contribution in [-0.4, -0.2) is 32.2 Å². The van der Waals surface area contributed by atoms with E-state index in [2.05, 4.69) is 4.39 Å². The molecule has 1 unspecified atom stereocenters. The average Bonchev–Trinajstić information content (AvgIpc) is 2.16. The number of carbonyl (C=O) groups is 3. The first-order valence-corrected chi connectivity index (χ1v) is 4.52. The number of ketones is 3. The highest BCUT2D eigenvalue weighted by Gasteiger charge is 2.51. The summed E-state index contributed by atoms with van der Waals surface area (Å²) in [5.74, 6) is -8.88. The van der Waals surface area contributed by atoms with Crippen molar-refractivity contribution >= 4 is 32.0 Å². The first-order chi connectivity index (χ1) is 6.36. The van der Waals surface area contributed by atoms with E-state index in [1.807, 2.05) is 0 Å². The Hall–Kier alpha value is -1.22. The Labute approximate surface area is 74.9 Å². The van der Waals surface area contributed by atoms with Gasteiger partial charge in [-0.1, -0.05) is 4.39 Å². The van der Waals surface area contributed by atoms with Gasteiger partial charge in [0.2, 0.25) is 0 Å². The molecule has 1 aliphatic rings. The summed E-state index contributed by atoms with van der Waals surface area (Å²) in [6.45, 7) is 0. The molecule has 0 aliphatic heterocycles. The molecule has 9 heteroatoms. The van der Waals surface area contributed by atoms with E-state index in [-0.39, 0.29) is 0 Å².